The Kier molecular flexibility index (Phi) is 33.9. The van der Waals surface area contributed by atoms with Gasteiger partial charge in [0.25, 0.3) is 17.7 Å². The van der Waals surface area contributed by atoms with Crippen molar-refractivity contribution in [2.45, 2.75) is 183 Å². The van der Waals surface area contributed by atoms with Crippen LogP contribution in [0.4, 0.5) is 13.6 Å². The molecule has 7 N–H and O–H groups in total. The summed E-state index contributed by atoms with van der Waals surface area (Å²) in [5.41, 5.74) is 4.26. The highest BCUT2D eigenvalue weighted by molar-refractivity contribution is 6.76. The van der Waals surface area contributed by atoms with Crippen LogP contribution < -0.4 is 27.0 Å². The number of esters is 3. The standard InChI is InChI=1S/C28H39FN4O7.C16H31NO4Si.C12H13FN2O3/c1-8-10-11-12-21(13-17(3)34)39-26(37)18(4)31-24(35)22(9-2)33-25(36)23-15-19(29)14-20(32-23)16-30-27(38)40-28(5,6)7;1-6-7-8-9-14(21-16(19)13(2)17)12-15(18)20-10-11-22(3,4)5;1-3-8-5-7(13)6-10(14-8)11(16)15-9(4-2)12(17)18/h9,11-12,14-15,18,21H,8,10,13,16H2,1-7H3,(H,30,38)(H,31,35)(H,33,36);8-9,13-14H,6-7,10-12,17H2,1-5H3;4-6H,3H2,1-2H3,(H,15,16)(H,17,18)/b12-11+,22-9-;9-8+;9-4+/t18-,21+;13-,14+;/m00./s1. The second-order valence-corrected chi connectivity index (χ2v) is 25.8. The molecule has 0 saturated heterocycles. The number of carbonyl (C=O) groups is 9. The third-order valence-corrected chi connectivity index (χ3v) is 11.8. The molecule has 0 aromatic carbocycles. The second-order valence-electron chi connectivity index (χ2n) is 20.2. The molecule has 4 atom stereocenters. The van der Waals surface area contributed by atoms with Crippen molar-refractivity contribution in [2.24, 2.45) is 5.73 Å². The minimum absolute atomic E-state index is 0.00128. The van der Waals surface area contributed by atoms with Gasteiger partial charge in [0.1, 0.15) is 70.1 Å². The lowest BCUT2D eigenvalue weighted by molar-refractivity contribution is -0.153. The SMILES string of the molecule is C/C=C(/NC(=O)c1cc(F)cc(CC)n1)C(=O)O.C/C=C(\NC(=O)c1cc(F)cc(CNC(=O)OC(C)(C)C)n1)C(=O)N[C@@H](C)C(=O)O[C@H](/C=C/CCC)CC(C)=O.CCC/C=C/[C@H](CC(=O)OCC[Si](C)(C)C)OC(=O)[C@H](C)N. The van der Waals surface area contributed by atoms with Gasteiger partial charge < -0.3 is 51.1 Å². The van der Waals surface area contributed by atoms with E-state index < -0.39 is 91.3 Å². The Bertz CT molecular complexity index is 2540. The monoisotopic (exact) mass is 1140 g/mol. The zero-order chi connectivity index (χ0) is 61.3. The van der Waals surface area contributed by atoms with Gasteiger partial charge in [-0.3, -0.25) is 28.8 Å². The number of amides is 4. The quantitative estimate of drug-likeness (QED) is 0.0162. The number of ether oxygens (including phenoxy) is 4. The van der Waals surface area contributed by atoms with Gasteiger partial charge in [-0.25, -0.2) is 33.1 Å². The van der Waals surface area contributed by atoms with Gasteiger partial charge in [0.15, 0.2) is 0 Å². The van der Waals surface area contributed by atoms with Gasteiger partial charge in [-0.05, 0) is 105 Å². The highest BCUT2D eigenvalue weighted by Gasteiger charge is 2.25. The highest BCUT2D eigenvalue weighted by atomic mass is 28.3. The Balaban J connectivity index is 0.00000131. The molecular formula is C56H83F2N7O14Si. The number of alkyl carbamates (subject to hydrolysis) is 1. The van der Waals surface area contributed by atoms with E-state index in [-0.39, 0.29) is 59.6 Å². The average molecular weight is 1140 g/mol. The van der Waals surface area contributed by atoms with Crippen molar-refractivity contribution in [3.05, 3.63) is 107 Å². The lowest BCUT2D eigenvalue weighted by Crippen LogP contribution is -2.44. The Labute approximate surface area is 469 Å². The lowest BCUT2D eigenvalue weighted by Gasteiger charge is -2.19. The van der Waals surface area contributed by atoms with E-state index >= 15 is 0 Å². The van der Waals surface area contributed by atoms with E-state index in [1.54, 1.807) is 46.8 Å². The Morgan fingerprint density at radius 3 is 1.69 bits per heavy atom. The summed E-state index contributed by atoms with van der Waals surface area (Å²) in [7, 11) is -1.22. The van der Waals surface area contributed by atoms with E-state index in [0.29, 0.717) is 18.7 Å². The van der Waals surface area contributed by atoms with E-state index in [9.17, 15) is 51.9 Å². The number of hydrogen-bond acceptors (Lipinski definition) is 16. The van der Waals surface area contributed by atoms with E-state index in [1.807, 2.05) is 19.1 Å². The third-order valence-electron chi connectivity index (χ3n) is 10.1. The van der Waals surface area contributed by atoms with E-state index in [1.165, 1.54) is 45.9 Å². The predicted molar refractivity (Wildman–Crippen MR) is 299 cm³/mol. The number of ketones is 1. The third kappa shape index (κ3) is 33.1. The first-order valence-corrected chi connectivity index (χ1v) is 29.9. The summed E-state index contributed by atoms with van der Waals surface area (Å²) in [6.45, 7) is 25.1. The molecule has 0 radical (unpaired) electrons. The Morgan fingerprint density at radius 1 is 0.750 bits per heavy atom. The zero-order valence-corrected chi connectivity index (χ0v) is 49.6. The molecule has 0 aliphatic carbocycles. The summed E-state index contributed by atoms with van der Waals surface area (Å²) in [6.07, 6.45) is 11.5. The topological polar surface area (TPSA) is 311 Å². The number of nitrogens with one attached hydrogen (secondary N) is 4. The first-order valence-electron chi connectivity index (χ1n) is 26.2. The number of hydrogen-bond donors (Lipinski definition) is 6. The molecule has 0 aliphatic rings. The van der Waals surface area contributed by atoms with Gasteiger partial charge in [0.2, 0.25) is 0 Å². The van der Waals surface area contributed by atoms with Crippen molar-refractivity contribution < 1.29 is 76.0 Å². The van der Waals surface area contributed by atoms with Crippen LogP contribution in [0, 0.1) is 11.6 Å². The number of aliphatic carboxylic acids is 1. The van der Waals surface area contributed by atoms with E-state index in [4.69, 9.17) is 29.8 Å². The van der Waals surface area contributed by atoms with Crippen LogP contribution in [0.15, 0.2) is 72.1 Å². The maximum Gasteiger partial charge on any atom is 0.407 e. The molecule has 0 unspecified atom stereocenters. The molecule has 2 rings (SSSR count). The Hall–Kier alpha value is -7.47. The summed E-state index contributed by atoms with van der Waals surface area (Å²) in [5.74, 6) is -6.85. The number of allylic oxidation sites excluding steroid dienone is 4. The van der Waals surface area contributed by atoms with Crippen molar-refractivity contribution in [3.63, 3.8) is 0 Å². The molecule has 0 bridgehead atoms. The number of carboxylic acids is 1. The van der Waals surface area contributed by atoms with Gasteiger partial charge in [-0.2, -0.15) is 0 Å². The molecular weight excluding hydrogens is 1060 g/mol. The molecule has 0 saturated carbocycles. The largest absolute Gasteiger partial charge is 0.477 e. The number of nitrogens with zero attached hydrogens (tertiary/aromatic N) is 2. The van der Waals surface area contributed by atoms with Crippen molar-refractivity contribution in [3.8, 4) is 0 Å². The minimum Gasteiger partial charge on any atom is -0.477 e. The first-order chi connectivity index (χ1) is 37.3. The minimum atomic E-state index is -1.27. The summed E-state index contributed by atoms with van der Waals surface area (Å²) in [5, 5.41) is 18.1. The summed E-state index contributed by atoms with van der Waals surface area (Å²) >= 11 is 0. The number of pyridine rings is 2. The number of Topliss-reactive ketones (excluding diaryl/α,β-unsaturated/α-hetero) is 1. The number of aryl methyl sites for hydroxylation is 1. The van der Waals surface area contributed by atoms with Gasteiger partial charge in [-0.15, -0.1) is 0 Å². The number of halogens is 2. The van der Waals surface area contributed by atoms with E-state index in [0.717, 1.165) is 49.9 Å². The number of aromatic nitrogens is 2. The molecule has 2 aromatic rings. The molecule has 444 valence electrons. The van der Waals surface area contributed by atoms with Crippen LogP contribution in [0.25, 0.3) is 0 Å². The molecule has 80 heavy (non-hydrogen) atoms. The van der Waals surface area contributed by atoms with Crippen molar-refractivity contribution in [1.29, 1.82) is 0 Å². The van der Waals surface area contributed by atoms with Crippen LogP contribution in [-0.2, 0) is 60.7 Å². The van der Waals surface area contributed by atoms with Gasteiger partial charge in [0.05, 0.1) is 25.3 Å². The molecule has 2 heterocycles. The van der Waals surface area contributed by atoms with Gasteiger partial charge in [0, 0.05) is 32.3 Å². The van der Waals surface area contributed by atoms with Crippen LogP contribution in [0.2, 0.25) is 25.7 Å². The van der Waals surface area contributed by atoms with Crippen LogP contribution in [0.3, 0.4) is 0 Å². The number of nitrogens with two attached hydrogens (primary N) is 1. The average Bonchev–Trinajstić information content (AvgIpc) is 3.35. The maximum absolute atomic E-state index is 14.2. The molecule has 0 aliphatic heterocycles. The molecule has 0 spiro atoms. The smallest absolute Gasteiger partial charge is 0.407 e. The van der Waals surface area contributed by atoms with Gasteiger partial charge >= 0.3 is 30.0 Å². The van der Waals surface area contributed by atoms with Crippen molar-refractivity contribution in [2.75, 3.05) is 6.61 Å². The number of carboxylic acid groups (broad SMARTS) is 1. The number of unbranched alkanes of at least 4 members (excludes halogenated alkanes) is 2. The number of carbonyl (C=O) groups excluding carboxylic acids is 8. The molecule has 0 fully saturated rings. The molecule has 24 heteroatoms. The highest BCUT2D eigenvalue weighted by Crippen LogP contribution is 2.13. The summed E-state index contributed by atoms with van der Waals surface area (Å²) in [6, 6.07) is 3.22. The van der Waals surface area contributed by atoms with Crippen LogP contribution >= 0.6 is 0 Å². The normalized spacial score (nSPS) is 13.2. The molecule has 4 amide bonds. The fourth-order valence-corrected chi connectivity index (χ4v) is 6.62. The van der Waals surface area contributed by atoms with E-state index in [2.05, 4.69) is 57.8 Å². The second kappa shape index (κ2) is 37.4. The predicted octanol–water partition coefficient (Wildman–Crippen LogP) is 8.01. The first kappa shape index (κ1) is 72.5. The molecule has 21 nitrogen and oxygen atoms in total. The van der Waals surface area contributed by atoms with Crippen LogP contribution in [0.5, 0.6) is 0 Å². The molecule has 2 aromatic heterocycles. The fourth-order valence-electron chi connectivity index (χ4n) is 5.91. The van der Waals surface area contributed by atoms with Crippen LogP contribution in [0.1, 0.15) is 147 Å². The van der Waals surface area contributed by atoms with Crippen LogP contribution in [-0.4, -0.2) is 113 Å². The summed E-state index contributed by atoms with van der Waals surface area (Å²) < 4.78 is 48.3. The number of rotatable bonds is 27. The zero-order valence-electron chi connectivity index (χ0n) is 48.6. The summed E-state index contributed by atoms with van der Waals surface area (Å²) in [4.78, 5) is 115. The fraction of sp³-hybridized carbons (Fsp3) is 0.518. The Morgan fingerprint density at radius 2 is 1.24 bits per heavy atom. The van der Waals surface area contributed by atoms with Crippen molar-refractivity contribution >= 4 is 61.5 Å². The lowest BCUT2D eigenvalue weighted by atomic mass is 10.1. The maximum atomic E-state index is 14.2. The van der Waals surface area contributed by atoms with Gasteiger partial charge in [-0.1, -0.05) is 77.6 Å². The van der Waals surface area contributed by atoms with Crippen molar-refractivity contribution in [1.82, 2.24) is 31.2 Å².